The quantitative estimate of drug-likeness (QED) is 0.588. The highest BCUT2D eigenvalue weighted by atomic mass is 16.3. The Morgan fingerprint density at radius 3 is 1.73 bits per heavy atom. The third-order valence-electron chi connectivity index (χ3n) is 4.62. The van der Waals surface area contributed by atoms with E-state index in [9.17, 15) is 5.11 Å². The monoisotopic (exact) mass is 348 g/mol. The molecule has 0 unspecified atom stereocenters. The van der Waals surface area contributed by atoms with E-state index in [1.165, 1.54) is 16.7 Å². The normalized spacial score (nSPS) is 11.0. The van der Waals surface area contributed by atoms with Gasteiger partial charge in [0.05, 0.1) is 0 Å². The predicted molar refractivity (Wildman–Crippen MR) is 109 cm³/mol. The van der Waals surface area contributed by atoms with Crippen LogP contribution < -0.4 is 0 Å². The zero-order valence-corrected chi connectivity index (χ0v) is 16.0. The number of phenols is 2. The van der Waals surface area contributed by atoms with Crippen LogP contribution in [0, 0.1) is 0 Å². The van der Waals surface area contributed by atoms with Crippen LogP contribution in [0.2, 0.25) is 0 Å². The van der Waals surface area contributed by atoms with E-state index in [0.717, 1.165) is 0 Å². The SMILES string of the molecule is CC(C)(c1ccccc1)c1ccc(O)cc1.CC(C)c1cccc(O)c1. The molecule has 0 amide bonds. The first-order valence-electron chi connectivity index (χ1n) is 8.94. The maximum atomic E-state index is 9.29. The van der Waals surface area contributed by atoms with Crippen molar-refractivity contribution in [2.24, 2.45) is 0 Å². The molecule has 3 aromatic carbocycles. The van der Waals surface area contributed by atoms with Gasteiger partial charge < -0.3 is 10.2 Å². The number of hydrogen-bond donors (Lipinski definition) is 2. The first-order valence-corrected chi connectivity index (χ1v) is 8.94. The van der Waals surface area contributed by atoms with Crippen molar-refractivity contribution in [3.63, 3.8) is 0 Å². The molecule has 2 N–H and O–H groups in total. The van der Waals surface area contributed by atoms with E-state index in [-0.39, 0.29) is 5.41 Å². The summed E-state index contributed by atoms with van der Waals surface area (Å²) < 4.78 is 0. The van der Waals surface area contributed by atoms with Gasteiger partial charge in [-0.2, -0.15) is 0 Å². The fourth-order valence-electron chi connectivity index (χ4n) is 2.78. The fourth-order valence-corrected chi connectivity index (χ4v) is 2.78. The van der Waals surface area contributed by atoms with Crippen LogP contribution in [-0.4, -0.2) is 10.2 Å². The minimum absolute atomic E-state index is 0.0328. The third-order valence-corrected chi connectivity index (χ3v) is 4.62. The van der Waals surface area contributed by atoms with Gasteiger partial charge in [0.25, 0.3) is 0 Å². The van der Waals surface area contributed by atoms with Gasteiger partial charge in [0, 0.05) is 5.41 Å². The number of benzene rings is 3. The standard InChI is InChI=1S/C15H16O.C9H12O/c1-15(2,12-6-4-3-5-7-12)13-8-10-14(16)11-9-13;1-7(2)8-4-3-5-9(10)6-8/h3-11,16H,1-2H3;3-7,10H,1-2H3. The third kappa shape index (κ3) is 5.13. The molecule has 0 bridgehead atoms. The van der Waals surface area contributed by atoms with Gasteiger partial charge in [0.2, 0.25) is 0 Å². The topological polar surface area (TPSA) is 40.5 Å². The Balaban J connectivity index is 0.000000209. The molecular weight excluding hydrogens is 320 g/mol. The minimum Gasteiger partial charge on any atom is -0.508 e. The first kappa shape index (κ1) is 19.6. The molecule has 26 heavy (non-hydrogen) atoms. The van der Waals surface area contributed by atoms with Crippen LogP contribution in [0.4, 0.5) is 0 Å². The van der Waals surface area contributed by atoms with Gasteiger partial charge in [-0.1, -0.05) is 82.3 Å². The highest BCUT2D eigenvalue weighted by molar-refractivity contribution is 5.39. The van der Waals surface area contributed by atoms with Crippen molar-refractivity contribution < 1.29 is 10.2 Å². The van der Waals surface area contributed by atoms with Crippen LogP contribution >= 0.6 is 0 Å². The molecule has 0 aliphatic heterocycles. The summed E-state index contributed by atoms with van der Waals surface area (Å²) in [7, 11) is 0. The second-order valence-electron chi connectivity index (χ2n) is 7.29. The van der Waals surface area contributed by atoms with E-state index >= 15 is 0 Å². The van der Waals surface area contributed by atoms with Gasteiger partial charge in [-0.3, -0.25) is 0 Å². The smallest absolute Gasteiger partial charge is 0.115 e. The van der Waals surface area contributed by atoms with Crippen molar-refractivity contribution >= 4 is 0 Å². The highest BCUT2D eigenvalue weighted by Gasteiger charge is 2.22. The molecule has 0 aliphatic rings. The summed E-state index contributed by atoms with van der Waals surface area (Å²) >= 11 is 0. The van der Waals surface area contributed by atoms with Gasteiger partial charge in [0.1, 0.15) is 11.5 Å². The van der Waals surface area contributed by atoms with Gasteiger partial charge in [-0.05, 0) is 46.9 Å². The summed E-state index contributed by atoms with van der Waals surface area (Å²) in [4.78, 5) is 0. The van der Waals surface area contributed by atoms with Crippen molar-refractivity contribution in [1.29, 1.82) is 0 Å². The lowest BCUT2D eigenvalue weighted by atomic mass is 9.78. The Kier molecular flexibility index (Phi) is 6.46. The highest BCUT2D eigenvalue weighted by Crippen LogP contribution is 2.31. The summed E-state index contributed by atoms with van der Waals surface area (Å²) in [6, 6.07) is 25.2. The number of rotatable bonds is 3. The molecule has 0 saturated heterocycles. The zero-order valence-electron chi connectivity index (χ0n) is 16.0. The molecule has 2 heteroatoms. The molecule has 0 atom stereocenters. The van der Waals surface area contributed by atoms with E-state index in [4.69, 9.17) is 5.11 Å². The zero-order chi connectivity index (χ0) is 19.2. The molecule has 0 fully saturated rings. The predicted octanol–water partition coefficient (Wildman–Crippen LogP) is 6.23. The van der Waals surface area contributed by atoms with Crippen molar-refractivity contribution in [1.82, 2.24) is 0 Å². The molecule has 0 spiro atoms. The van der Waals surface area contributed by atoms with E-state index in [2.05, 4.69) is 52.0 Å². The van der Waals surface area contributed by atoms with Gasteiger partial charge in [-0.25, -0.2) is 0 Å². The van der Waals surface area contributed by atoms with E-state index < -0.39 is 0 Å². The van der Waals surface area contributed by atoms with Crippen LogP contribution in [0.25, 0.3) is 0 Å². The molecule has 0 aliphatic carbocycles. The minimum atomic E-state index is -0.0328. The second kappa shape index (κ2) is 8.57. The van der Waals surface area contributed by atoms with Crippen molar-refractivity contribution in [3.8, 4) is 11.5 Å². The van der Waals surface area contributed by atoms with Crippen LogP contribution in [0.15, 0.2) is 78.9 Å². The lowest BCUT2D eigenvalue weighted by Gasteiger charge is -2.26. The first-order chi connectivity index (χ1) is 12.3. The molecular formula is C24H28O2. The van der Waals surface area contributed by atoms with Crippen molar-refractivity contribution in [3.05, 3.63) is 95.6 Å². The van der Waals surface area contributed by atoms with Crippen LogP contribution in [0.5, 0.6) is 11.5 Å². The maximum absolute atomic E-state index is 9.29. The van der Waals surface area contributed by atoms with E-state index in [0.29, 0.717) is 17.4 Å². The van der Waals surface area contributed by atoms with Gasteiger partial charge in [0.15, 0.2) is 0 Å². The summed E-state index contributed by atoms with van der Waals surface area (Å²) in [6.45, 7) is 8.59. The van der Waals surface area contributed by atoms with Crippen LogP contribution in [0.3, 0.4) is 0 Å². The van der Waals surface area contributed by atoms with Crippen LogP contribution in [0.1, 0.15) is 50.3 Å². The van der Waals surface area contributed by atoms with Crippen molar-refractivity contribution in [2.75, 3.05) is 0 Å². The Morgan fingerprint density at radius 2 is 1.23 bits per heavy atom. The number of phenolic OH excluding ortho intramolecular Hbond substituents is 2. The molecule has 0 aromatic heterocycles. The summed E-state index contributed by atoms with van der Waals surface area (Å²) in [5.41, 5.74) is 3.63. The average molecular weight is 348 g/mol. The Hall–Kier alpha value is -2.74. The molecule has 0 radical (unpaired) electrons. The molecule has 3 aromatic rings. The Morgan fingerprint density at radius 1 is 0.654 bits per heavy atom. The second-order valence-corrected chi connectivity index (χ2v) is 7.29. The average Bonchev–Trinajstić information content (AvgIpc) is 2.63. The van der Waals surface area contributed by atoms with Crippen LogP contribution in [-0.2, 0) is 5.41 Å². The van der Waals surface area contributed by atoms with E-state index in [1.807, 2.05) is 30.3 Å². The van der Waals surface area contributed by atoms with E-state index in [1.54, 1.807) is 24.3 Å². The summed E-state index contributed by atoms with van der Waals surface area (Å²) in [6.07, 6.45) is 0. The molecule has 136 valence electrons. The number of aromatic hydroxyl groups is 2. The van der Waals surface area contributed by atoms with Crippen molar-refractivity contribution in [2.45, 2.75) is 39.0 Å². The number of hydrogen-bond acceptors (Lipinski definition) is 2. The molecule has 3 rings (SSSR count). The maximum Gasteiger partial charge on any atom is 0.115 e. The summed E-state index contributed by atoms with van der Waals surface area (Å²) in [5.74, 6) is 1.16. The Labute approximate surface area is 156 Å². The molecule has 0 saturated carbocycles. The lowest BCUT2D eigenvalue weighted by Crippen LogP contribution is -2.18. The largest absolute Gasteiger partial charge is 0.508 e. The molecule has 2 nitrogen and oxygen atoms in total. The lowest BCUT2D eigenvalue weighted by molar-refractivity contribution is 0.473. The molecule has 0 heterocycles. The Bertz CT molecular complexity index is 803. The van der Waals surface area contributed by atoms with Gasteiger partial charge in [-0.15, -0.1) is 0 Å². The fraction of sp³-hybridized carbons (Fsp3) is 0.250. The summed E-state index contributed by atoms with van der Waals surface area (Å²) in [5, 5.41) is 18.4. The van der Waals surface area contributed by atoms with Gasteiger partial charge >= 0.3 is 0 Å².